The molecule has 11 heteroatoms. The molecule has 140 valence electrons. The number of hydrogen-bond acceptors (Lipinski definition) is 6. The van der Waals surface area contributed by atoms with Gasteiger partial charge in [-0.3, -0.25) is 9.59 Å². The minimum Gasteiger partial charge on any atom is -0.480 e. The lowest BCUT2D eigenvalue weighted by Crippen LogP contribution is -2.24. The standard InChI is InChI=1S/C16H16ClN7O3/c1-2-13-15(20-22-24(13)12-5-3-4-10(17)6-12)16(27)18-7-11-8-23(21-19-11)9-14(25)26/h3-6,8H,2,7,9H2,1H3,(H,18,27)(H,25,26). The highest BCUT2D eigenvalue weighted by atomic mass is 35.5. The Bertz CT molecular complexity index is 982. The van der Waals surface area contributed by atoms with Gasteiger partial charge in [0.15, 0.2) is 5.69 Å². The Labute approximate surface area is 158 Å². The van der Waals surface area contributed by atoms with E-state index in [1.54, 1.807) is 22.9 Å². The maximum Gasteiger partial charge on any atom is 0.325 e. The Morgan fingerprint density at radius 3 is 2.78 bits per heavy atom. The van der Waals surface area contributed by atoms with Crippen molar-refractivity contribution in [2.45, 2.75) is 26.4 Å². The summed E-state index contributed by atoms with van der Waals surface area (Å²) in [5.74, 6) is -1.44. The highest BCUT2D eigenvalue weighted by molar-refractivity contribution is 6.30. The van der Waals surface area contributed by atoms with Crippen molar-refractivity contribution in [2.24, 2.45) is 0 Å². The molecule has 2 aromatic heterocycles. The number of halogens is 1. The number of hydrogen-bond donors (Lipinski definition) is 2. The van der Waals surface area contributed by atoms with E-state index in [1.807, 2.05) is 13.0 Å². The molecular formula is C16H16ClN7O3. The molecule has 2 N–H and O–H groups in total. The molecular weight excluding hydrogens is 374 g/mol. The molecule has 0 fully saturated rings. The number of carboxylic acid groups (broad SMARTS) is 1. The molecule has 1 amide bonds. The summed E-state index contributed by atoms with van der Waals surface area (Å²) in [5.41, 5.74) is 1.99. The van der Waals surface area contributed by atoms with Crippen molar-refractivity contribution >= 4 is 23.5 Å². The lowest BCUT2D eigenvalue weighted by atomic mass is 10.2. The fraction of sp³-hybridized carbons (Fsp3) is 0.250. The summed E-state index contributed by atoms with van der Waals surface area (Å²) in [6, 6.07) is 7.09. The van der Waals surface area contributed by atoms with Crippen LogP contribution in [0, 0.1) is 0 Å². The monoisotopic (exact) mass is 389 g/mol. The zero-order chi connectivity index (χ0) is 19.4. The first kappa shape index (κ1) is 18.5. The third-order valence-electron chi connectivity index (χ3n) is 3.68. The third-order valence-corrected chi connectivity index (χ3v) is 3.91. The van der Waals surface area contributed by atoms with Crippen LogP contribution < -0.4 is 5.32 Å². The summed E-state index contributed by atoms with van der Waals surface area (Å²) in [5, 5.41) is 27.5. The Morgan fingerprint density at radius 1 is 1.26 bits per heavy atom. The first-order valence-electron chi connectivity index (χ1n) is 8.07. The SMILES string of the molecule is CCc1c(C(=O)NCc2cn(CC(=O)O)nn2)nnn1-c1cccc(Cl)c1. The lowest BCUT2D eigenvalue weighted by molar-refractivity contribution is -0.137. The molecule has 0 spiro atoms. The van der Waals surface area contributed by atoms with Gasteiger partial charge in [0.1, 0.15) is 12.2 Å². The van der Waals surface area contributed by atoms with Crippen LogP contribution in [-0.4, -0.2) is 47.0 Å². The van der Waals surface area contributed by atoms with Gasteiger partial charge in [-0.2, -0.15) is 0 Å². The van der Waals surface area contributed by atoms with E-state index in [1.165, 1.54) is 10.9 Å². The molecule has 0 aliphatic heterocycles. The Balaban J connectivity index is 1.73. The van der Waals surface area contributed by atoms with Crippen molar-refractivity contribution in [3.63, 3.8) is 0 Å². The molecule has 2 heterocycles. The van der Waals surface area contributed by atoms with Gasteiger partial charge < -0.3 is 10.4 Å². The van der Waals surface area contributed by atoms with Gasteiger partial charge in [0, 0.05) is 5.02 Å². The lowest BCUT2D eigenvalue weighted by Gasteiger charge is -2.06. The molecule has 10 nitrogen and oxygen atoms in total. The molecule has 27 heavy (non-hydrogen) atoms. The van der Waals surface area contributed by atoms with E-state index in [2.05, 4.69) is 25.9 Å². The van der Waals surface area contributed by atoms with Gasteiger partial charge in [0.05, 0.1) is 24.1 Å². The molecule has 0 saturated carbocycles. The summed E-state index contributed by atoms with van der Waals surface area (Å²) in [4.78, 5) is 23.1. The average Bonchev–Trinajstić information content (AvgIpc) is 3.25. The fourth-order valence-electron chi connectivity index (χ4n) is 2.50. The number of rotatable bonds is 7. The zero-order valence-corrected chi connectivity index (χ0v) is 15.1. The first-order valence-corrected chi connectivity index (χ1v) is 8.45. The van der Waals surface area contributed by atoms with Gasteiger partial charge >= 0.3 is 5.97 Å². The highest BCUT2D eigenvalue weighted by Crippen LogP contribution is 2.17. The number of amides is 1. The van der Waals surface area contributed by atoms with Crippen molar-refractivity contribution in [1.82, 2.24) is 35.3 Å². The van der Waals surface area contributed by atoms with Crippen molar-refractivity contribution in [1.29, 1.82) is 0 Å². The maximum absolute atomic E-state index is 12.5. The zero-order valence-electron chi connectivity index (χ0n) is 14.3. The minimum atomic E-state index is -1.03. The summed E-state index contributed by atoms with van der Waals surface area (Å²) in [7, 11) is 0. The average molecular weight is 390 g/mol. The van der Waals surface area contributed by atoms with Gasteiger partial charge in [0.2, 0.25) is 0 Å². The van der Waals surface area contributed by atoms with Gasteiger partial charge in [-0.05, 0) is 24.6 Å². The predicted molar refractivity (Wildman–Crippen MR) is 94.6 cm³/mol. The van der Waals surface area contributed by atoms with Crippen LogP contribution in [0.2, 0.25) is 5.02 Å². The number of carboxylic acids is 1. The summed E-state index contributed by atoms with van der Waals surface area (Å²) >= 11 is 6.02. The van der Waals surface area contributed by atoms with Crippen LogP contribution in [0.4, 0.5) is 0 Å². The van der Waals surface area contributed by atoms with E-state index >= 15 is 0 Å². The quantitative estimate of drug-likeness (QED) is 0.618. The van der Waals surface area contributed by atoms with Crippen LogP contribution >= 0.6 is 11.6 Å². The van der Waals surface area contributed by atoms with Crippen molar-refractivity contribution in [2.75, 3.05) is 0 Å². The Morgan fingerprint density at radius 2 is 2.07 bits per heavy atom. The molecule has 0 saturated heterocycles. The number of carbonyl (C=O) groups excluding carboxylic acids is 1. The van der Waals surface area contributed by atoms with E-state index in [0.29, 0.717) is 28.5 Å². The van der Waals surface area contributed by atoms with Crippen LogP contribution in [0.1, 0.15) is 28.8 Å². The van der Waals surface area contributed by atoms with E-state index in [9.17, 15) is 9.59 Å². The molecule has 3 rings (SSSR count). The predicted octanol–water partition coefficient (Wildman–Crippen LogP) is 1.09. The largest absolute Gasteiger partial charge is 0.480 e. The summed E-state index contributed by atoms with van der Waals surface area (Å²) in [6.07, 6.45) is 2.00. The fourth-order valence-corrected chi connectivity index (χ4v) is 2.68. The second-order valence-corrected chi connectivity index (χ2v) is 6.05. The number of nitrogens with zero attached hydrogens (tertiary/aromatic N) is 6. The molecule has 0 unspecified atom stereocenters. The van der Waals surface area contributed by atoms with E-state index in [4.69, 9.17) is 16.7 Å². The van der Waals surface area contributed by atoms with E-state index in [0.717, 1.165) is 0 Å². The molecule has 1 aromatic carbocycles. The van der Waals surface area contributed by atoms with Crippen molar-refractivity contribution in [3.8, 4) is 5.69 Å². The number of aromatic nitrogens is 6. The van der Waals surface area contributed by atoms with Crippen LogP contribution in [0.3, 0.4) is 0 Å². The van der Waals surface area contributed by atoms with Crippen LogP contribution in [0.25, 0.3) is 5.69 Å². The minimum absolute atomic E-state index is 0.0889. The number of nitrogens with one attached hydrogen (secondary N) is 1. The molecule has 0 aliphatic rings. The van der Waals surface area contributed by atoms with Crippen molar-refractivity contribution in [3.05, 3.63) is 52.6 Å². The van der Waals surface area contributed by atoms with E-state index < -0.39 is 11.9 Å². The second kappa shape index (κ2) is 7.96. The van der Waals surface area contributed by atoms with Gasteiger partial charge in [-0.15, -0.1) is 10.2 Å². The van der Waals surface area contributed by atoms with Crippen LogP contribution in [-0.2, 0) is 24.3 Å². The molecule has 0 radical (unpaired) electrons. The molecule has 0 atom stereocenters. The Kier molecular flexibility index (Phi) is 5.46. The number of carbonyl (C=O) groups is 2. The maximum atomic E-state index is 12.5. The van der Waals surface area contributed by atoms with Gasteiger partial charge in [-0.1, -0.05) is 35.0 Å². The summed E-state index contributed by atoms with van der Waals surface area (Å²) < 4.78 is 2.75. The topological polar surface area (TPSA) is 128 Å². The summed E-state index contributed by atoms with van der Waals surface area (Å²) in [6.45, 7) is 1.69. The second-order valence-electron chi connectivity index (χ2n) is 5.61. The number of benzene rings is 1. The Hall–Kier alpha value is -3.27. The van der Waals surface area contributed by atoms with Crippen LogP contribution in [0.5, 0.6) is 0 Å². The molecule has 0 bridgehead atoms. The van der Waals surface area contributed by atoms with Crippen LogP contribution in [0.15, 0.2) is 30.5 Å². The molecule has 3 aromatic rings. The number of aliphatic carboxylic acids is 1. The smallest absolute Gasteiger partial charge is 0.325 e. The molecule has 0 aliphatic carbocycles. The third kappa shape index (κ3) is 4.29. The normalized spacial score (nSPS) is 10.7. The van der Waals surface area contributed by atoms with E-state index in [-0.39, 0.29) is 18.8 Å². The van der Waals surface area contributed by atoms with Gasteiger partial charge in [0.25, 0.3) is 5.91 Å². The first-order chi connectivity index (χ1) is 13.0. The van der Waals surface area contributed by atoms with Crippen molar-refractivity contribution < 1.29 is 14.7 Å². The van der Waals surface area contributed by atoms with Gasteiger partial charge in [-0.25, -0.2) is 9.36 Å². The highest BCUT2D eigenvalue weighted by Gasteiger charge is 2.19.